The molecule has 4 nitrogen and oxygen atoms in total. The minimum absolute atomic E-state index is 0.0345. The Morgan fingerprint density at radius 2 is 1.84 bits per heavy atom. The normalized spacial score (nSPS) is 10.9. The lowest BCUT2D eigenvalue weighted by atomic mass is 10.1. The highest BCUT2D eigenvalue weighted by atomic mass is 35.5. The molecule has 0 atom stereocenters. The molecule has 25 heavy (non-hydrogen) atoms. The molecule has 0 amide bonds. The van der Waals surface area contributed by atoms with E-state index in [1.165, 1.54) is 6.07 Å². The van der Waals surface area contributed by atoms with Crippen molar-refractivity contribution in [3.8, 4) is 11.3 Å². The van der Waals surface area contributed by atoms with Crippen molar-refractivity contribution in [3.63, 3.8) is 0 Å². The number of hydrogen-bond acceptors (Lipinski definition) is 2. The number of aromatic nitrogens is 2. The zero-order chi connectivity index (χ0) is 18.1. The number of carboxylic acid groups (broad SMARTS) is 1. The van der Waals surface area contributed by atoms with Gasteiger partial charge in [0, 0.05) is 20.6 Å². The predicted molar refractivity (Wildman–Crippen MR) is 99.9 cm³/mol. The molecular formula is C18H13Cl3N2O2. The molecule has 0 aliphatic heterocycles. The van der Waals surface area contributed by atoms with E-state index in [1.807, 2.05) is 19.1 Å². The maximum absolute atomic E-state index is 11.3. The molecule has 3 aromatic rings. The Morgan fingerprint density at radius 3 is 2.48 bits per heavy atom. The van der Waals surface area contributed by atoms with Gasteiger partial charge in [-0.2, -0.15) is 5.10 Å². The average molecular weight is 396 g/mol. The summed E-state index contributed by atoms with van der Waals surface area (Å²) in [6.45, 7) is 2.21. The molecule has 0 bridgehead atoms. The molecule has 128 valence electrons. The Morgan fingerprint density at radius 1 is 1.08 bits per heavy atom. The van der Waals surface area contributed by atoms with Gasteiger partial charge in [0.25, 0.3) is 0 Å². The van der Waals surface area contributed by atoms with Gasteiger partial charge < -0.3 is 5.11 Å². The van der Waals surface area contributed by atoms with Crippen LogP contribution in [0.3, 0.4) is 0 Å². The zero-order valence-corrected chi connectivity index (χ0v) is 15.4. The van der Waals surface area contributed by atoms with Gasteiger partial charge in [-0.15, -0.1) is 0 Å². The molecule has 1 heterocycles. The van der Waals surface area contributed by atoms with Crippen molar-refractivity contribution in [2.75, 3.05) is 0 Å². The van der Waals surface area contributed by atoms with E-state index in [9.17, 15) is 9.90 Å². The number of aromatic carboxylic acids is 1. The topological polar surface area (TPSA) is 55.1 Å². The van der Waals surface area contributed by atoms with Crippen molar-refractivity contribution >= 4 is 40.8 Å². The summed E-state index contributed by atoms with van der Waals surface area (Å²) in [4.78, 5) is 11.3. The predicted octanol–water partition coefficient (Wildman–Crippen LogP) is 5.57. The van der Waals surface area contributed by atoms with Crippen molar-refractivity contribution in [2.24, 2.45) is 0 Å². The van der Waals surface area contributed by atoms with Gasteiger partial charge in [-0.1, -0.05) is 46.9 Å². The first-order chi connectivity index (χ1) is 11.8. The van der Waals surface area contributed by atoms with Crippen LogP contribution in [-0.2, 0) is 6.54 Å². The van der Waals surface area contributed by atoms with Gasteiger partial charge in [-0.05, 0) is 48.4 Å². The van der Waals surface area contributed by atoms with Gasteiger partial charge in [0.05, 0.1) is 12.2 Å². The zero-order valence-electron chi connectivity index (χ0n) is 13.1. The Bertz CT molecular complexity index is 967. The third-order valence-corrected chi connectivity index (χ3v) is 4.80. The number of benzene rings is 2. The Balaban J connectivity index is 2.08. The van der Waals surface area contributed by atoms with Crippen molar-refractivity contribution < 1.29 is 9.90 Å². The second kappa shape index (κ2) is 7.08. The van der Waals surface area contributed by atoms with E-state index in [-0.39, 0.29) is 5.69 Å². The fraction of sp³-hybridized carbons (Fsp3) is 0.111. The Labute approximate surface area is 159 Å². The van der Waals surface area contributed by atoms with E-state index in [1.54, 1.807) is 28.9 Å². The summed E-state index contributed by atoms with van der Waals surface area (Å²) in [5.41, 5.74) is 3.15. The highest BCUT2D eigenvalue weighted by Gasteiger charge is 2.16. The summed E-state index contributed by atoms with van der Waals surface area (Å²) >= 11 is 18.2. The molecule has 1 N–H and O–H groups in total. The maximum atomic E-state index is 11.3. The van der Waals surface area contributed by atoms with Crippen LogP contribution in [0.2, 0.25) is 15.1 Å². The molecule has 1 aromatic heterocycles. The van der Waals surface area contributed by atoms with E-state index in [0.29, 0.717) is 27.3 Å². The quantitative estimate of drug-likeness (QED) is 0.628. The highest BCUT2D eigenvalue weighted by molar-refractivity contribution is 6.35. The van der Waals surface area contributed by atoms with Gasteiger partial charge in [0.15, 0.2) is 5.69 Å². The van der Waals surface area contributed by atoms with Crippen LogP contribution in [-0.4, -0.2) is 20.9 Å². The van der Waals surface area contributed by atoms with Gasteiger partial charge >= 0.3 is 5.97 Å². The van der Waals surface area contributed by atoms with Gasteiger partial charge in [0.1, 0.15) is 0 Å². The molecule has 0 aliphatic carbocycles. The van der Waals surface area contributed by atoms with Crippen LogP contribution in [0.4, 0.5) is 0 Å². The fourth-order valence-electron chi connectivity index (χ4n) is 2.49. The lowest BCUT2D eigenvalue weighted by molar-refractivity contribution is 0.0689. The molecule has 0 unspecified atom stereocenters. The van der Waals surface area contributed by atoms with Gasteiger partial charge in [0.2, 0.25) is 0 Å². The van der Waals surface area contributed by atoms with Crippen molar-refractivity contribution in [1.82, 2.24) is 9.78 Å². The third kappa shape index (κ3) is 3.82. The summed E-state index contributed by atoms with van der Waals surface area (Å²) in [6.07, 6.45) is 0. The number of carboxylic acids is 1. The average Bonchev–Trinajstić information content (AvgIpc) is 2.97. The lowest BCUT2D eigenvalue weighted by Gasteiger charge is -2.10. The minimum atomic E-state index is -1.09. The summed E-state index contributed by atoms with van der Waals surface area (Å²) < 4.78 is 1.61. The number of aryl methyl sites for hydroxylation is 1. The Kier molecular flexibility index (Phi) is 5.04. The fourth-order valence-corrected chi connectivity index (χ4v) is 3.08. The van der Waals surface area contributed by atoms with Crippen molar-refractivity contribution in [1.29, 1.82) is 0 Å². The molecule has 0 radical (unpaired) electrons. The smallest absolute Gasteiger partial charge is 0.356 e. The molecule has 0 fully saturated rings. The number of carbonyl (C=O) groups is 1. The molecule has 2 aromatic carbocycles. The molecule has 7 heteroatoms. The SMILES string of the molecule is Cc1cc(-c2cc(C(=O)O)nn2Cc2ccc(Cl)cc2Cl)ccc1Cl. The molecular weight excluding hydrogens is 383 g/mol. The number of halogens is 3. The Hall–Kier alpha value is -2.01. The molecule has 0 aliphatic rings. The van der Waals surface area contributed by atoms with Crippen molar-refractivity contribution in [2.45, 2.75) is 13.5 Å². The van der Waals surface area contributed by atoms with Crippen LogP contribution >= 0.6 is 34.8 Å². The largest absolute Gasteiger partial charge is 0.476 e. The molecule has 0 saturated carbocycles. The van der Waals surface area contributed by atoms with E-state index in [4.69, 9.17) is 34.8 Å². The minimum Gasteiger partial charge on any atom is -0.476 e. The first kappa shape index (κ1) is 17.8. The molecule has 3 rings (SSSR count). The van der Waals surface area contributed by atoms with Crippen LogP contribution in [0.25, 0.3) is 11.3 Å². The third-order valence-electron chi connectivity index (χ3n) is 3.79. The summed E-state index contributed by atoms with van der Waals surface area (Å²) in [6, 6.07) is 12.2. The van der Waals surface area contributed by atoms with Gasteiger partial charge in [-0.3, -0.25) is 4.68 Å². The standard InChI is InChI=1S/C18H13Cl3N2O2/c1-10-6-11(3-5-14(10)20)17-8-16(18(24)25)22-23(17)9-12-2-4-13(19)7-15(12)21/h2-8H,9H2,1H3,(H,24,25). The lowest BCUT2D eigenvalue weighted by Crippen LogP contribution is -2.06. The van der Waals surface area contributed by atoms with Crippen LogP contribution < -0.4 is 0 Å². The van der Waals surface area contributed by atoms with Crippen LogP contribution in [0, 0.1) is 6.92 Å². The monoisotopic (exact) mass is 394 g/mol. The second-order valence-corrected chi connectivity index (χ2v) is 6.83. The van der Waals surface area contributed by atoms with E-state index in [0.717, 1.165) is 16.7 Å². The van der Waals surface area contributed by atoms with Crippen LogP contribution in [0.15, 0.2) is 42.5 Å². The van der Waals surface area contributed by atoms with E-state index < -0.39 is 5.97 Å². The molecule has 0 saturated heterocycles. The number of hydrogen-bond donors (Lipinski definition) is 1. The number of rotatable bonds is 4. The first-order valence-corrected chi connectivity index (χ1v) is 8.50. The summed E-state index contributed by atoms with van der Waals surface area (Å²) in [5, 5.41) is 15.2. The number of nitrogens with zero attached hydrogens (tertiary/aromatic N) is 2. The van der Waals surface area contributed by atoms with Gasteiger partial charge in [-0.25, -0.2) is 4.79 Å². The summed E-state index contributed by atoms with van der Waals surface area (Å²) in [5.74, 6) is -1.09. The molecule has 0 spiro atoms. The van der Waals surface area contributed by atoms with E-state index >= 15 is 0 Å². The summed E-state index contributed by atoms with van der Waals surface area (Å²) in [7, 11) is 0. The maximum Gasteiger partial charge on any atom is 0.356 e. The first-order valence-electron chi connectivity index (χ1n) is 7.37. The van der Waals surface area contributed by atoms with Crippen LogP contribution in [0.5, 0.6) is 0 Å². The van der Waals surface area contributed by atoms with E-state index in [2.05, 4.69) is 5.10 Å². The van der Waals surface area contributed by atoms with Crippen molar-refractivity contribution in [3.05, 3.63) is 74.4 Å². The highest BCUT2D eigenvalue weighted by Crippen LogP contribution is 2.28. The second-order valence-electron chi connectivity index (χ2n) is 5.58. The van der Waals surface area contributed by atoms with Crippen LogP contribution in [0.1, 0.15) is 21.6 Å².